The van der Waals surface area contributed by atoms with Gasteiger partial charge in [0.15, 0.2) is 0 Å². The molecule has 2 aromatic carbocycles. The molecule has 0 unspecified atom stereocenters. The SMILES string of the molecule is CN(C)c1nc(N(C)Cc2ccc(O)cc2)nc(N(C)Cc2ccc(O)cc2)n1. The van der Waals surface area contributed by atoms with Gasteiger partial charge in [-0.3, -0.25) is 0 Å². The van der Waals surface area contributed by atoms with Crippen molar-refractivity contribution >= 4 is 17.8 Å². The standard InChI is InChI=1S/C21H26N6O2/c1-25(2)19-22-20(26(3)13-15-5-9-17(28)10-6-15)24-21(23-19)27(4)14-16-7-11-18(29)12-8-16/h5-12,28-29H,13-14H2,1-4H3. The summed E-state index contributed by atoms with van der Waals surface area (Å²) in [6.07, 6.45) is 0. The lowest BCUT2D eigenvalue weighted by atomic mass is 10.2. The van der Waals surface area contributed by atoms with Crippen LogP contribution in [0.5, 0.6) is 11.5 Å². The fourth-order valence-electron chi connectivity index (χ4n) is 2.78. The number of anilines is 3. The number of aromatic nitrogens is 3. The van der Waals surface area contributed by atoms with E-state index >= 15 is 0 Å². The van der Waals surface area contributed by atoms with Crippen molar-refractivity contribution in [1.29, 1.82) is 0 Å². The third kappa shape index (κ3) is 5.25. The first-order valence-corrected chi connectivity index (χ1v) is 9.23. The zero-order valence-corrected chi connectivity index (χ0v) is 17.1. The van der Waals surface area contributed by atoms with Crippen molar-refractivity contribution in [3.05, 3.63) is 59.7 Å². The number of rotatable bonds is 7. The Morgan fingerprint density at radius 1 is 0.586 bits per heavy atom. The van der Waals surface area contributed by atoms with Crippen LogP contribution < -0.4 is 14.7 Å². The minimum Gasteiger partial charge on any atom is -0.508 e. The zero-order valence-electron chi connectivity index (χ0n) is 17.1. The van der Waals surface area contributed by atoms with Crippen LogP contribution in [-0.4, -0.2) is 53.4 Å². The van der Waals surface area contributed by atoms with Crippen LogP contribution in [0, 0.1) is 0 Å². The normalized spacial score (nSPS) is 10.6. The smallest absolute Gasteiger partial charge is 0.232 e. The van der Waals surface area contributed by atoms with Gasteiger partial charge in [0.1, 0.15) is 11.5 Å². The van der Waals surface area contributed by atoms with Crippen LogP contribution in [0.15, 0.2) is 48.5 Å². The molecule has 3 rings (SSSR count). The summed E-state index contributed by atoms with van der Waals surface area (Å²) in [5, 5.41) is 18.9. The van der Waals surface area contributed by atoms with Gasteiger partial charge in [0, 0.05) is 41.3 Å². The Labute approximate surface area is 170 Å². The number of benzene rings is 2. The van der Waals surface area contributed by atoms with Crippen LogP contribution in [0.4, 0.5) is 17.8 Å². The van der Waals surface area contributed by atoms with Crippen molar-refractivity contribution in [2.24, 2.45) is 0 Å². The lowest BCUT2D eigenvalue weighted by Crippen LogP contribution is -2.26. The van der Waals surface area contributed by atoms with Crippen molar-refractivity contribution < 1.29 is 10.2 Å². The molecule has 0 spiro atoms. The summed E-state index contributed by atoms with van der Waals surface area (Å²) >= 11 is 0. The van der Waals surface area contributed by atoms with Gasteiger partial charge in [0.2, 0.25) is 17.8 Å². The summed E-state index contributed by atoms with van der Waals surface area (Å²) in [6.45, 7) is 1.19. The maximum atomic E-state index is 9.47. The molecular weight excluding hydrogens is 368 g/mol. The predicted octanol–water partition coefficient (Wildman–Crippen LogP) is 2.62. The van der Waals surface area contributed by atoms with E-state index in [1.54, 1.807) is 24.3 Å². The van der Waals surface area contributed by atoms with E-state index in [1.165, 1.54) is 0 Å². The molecule has 2 N–H and O–H groups in total. The van der Waals surface area contributed by atoms with E-state index in [2.05, 4.69) is 15.0 Å². The van der Waals surface area contributed by atoms with E-state index < -0.39 is 0 Å². The molecule has 0 bridgehead atoms. The molecule has 29 heavy (non-hydrogen) atoms. The van der Waals surface area contributed by atoms with Crippen molar-refractivity contribution in [1.82, 2.24) is 15.0 Å². The summed E-state index contributed by atoms with van der Waals surface area (Å²) in [6, 6.07) is 14.2. The highest BCUT2D eigenvalue weighted by Gasteiger charge is 2.15. The van der Waals surface area contributed by atoms with Crippen molar-refractivity contribution in [2.75, 3.05) is 42.9 Å². The Bertz CT molecular complexity index is 873. The predicted molar refractivity (Wildman–Crippen MR) is 115 cm³/mol. The molecule has 1 aromatic heterocycles. The Hall–Kier alpha value is -3.55. The van der Waals surface area contributed by atoms with Crippen molar-refractivity contribution in [3.63, 3.8) is 0 Å². The molecule has 0 amide bonds. The van der Waals surface area contributed by atoms with Gasteiger partial charge in [-0.2, -0.15) is 15.0 Å². The summed E-state index contributed by atoms with van der Waals surface area (Å²) < 4.78 is 0. The first-order valence-electron chi connectivity index (χ1n) is 9.23. The number of aromatic hydroxyl groups is 2. The minimum absolute atomic E-state index is 0.240. The summed E-state index contributed by atoms with van der Waals surface area (Å²) in [5.74, 6) is 2.17. The van der Waals surface area contributed by atoms with Gasteiger partial charge < -0.3 is 24.9 Å². The Morgan fingerprint density at radius 2 is 0.931 bits per heavy atom. The average Bonchev–Trinajstić information content (AvgIpc) is 2.71. The van der Waals surface area contributed by atoms with E-state index in [-0.39, 0.29) is 11.5 Å². The first kappa shape index (κ1) is 20.2. The number of phenols is 2. The number of phenolic OH excluding ortho intramolecular Hbond substituents is 2. The largest absolute Gasteiger partial charge is 0.508 e. The second kappa shape index (κ2) is 8.64. The highest BCUT2D eigenvalue weighted by atomic mass is 16.3. The fraction of sp³-hybridized carbons (Fsp3) is 0.286. The Morgan fingerprint density at radius 3 is 1.28 bits per heavy atom. The van der Waals surface area contributed by atoms with Crippen LogP contribution in [-0.2, 0) is 13.1 Å². The number of nitrogens with zero attached hydrogens (tertiary/aromatic N) is 6. The lowest BCUT2D eigenvalue weighted by molar-refractivity contribution is 0.474. The average molecular weight is 394 g/mol. The molecule has 8 heteroatoms. The first-order chi connectivity index (χ1) is 13.8. The van der Waals surface area contributed by atoms with E-state index in [0.29, 0.717) is 30.9 Å². The van der Waals surface area contributed by atoms with Gasteiger partial charge >= 0.3 is 0 Å². The molecular formula is C21H26N6O2. The van der Waals surface area contributed by atoms with E-state index in [9.17, 15) is 10.2 Å². The second-order valence-corrected chi connectivity index (χ2v) is 7.17. The van der Waals surface area contributed by atoms with E-state index in [0.717, 1.165) is 11.1 Å². The maximum absolute atomic E-state index is 9.47. The minimum atomic E-state index is 0.240. The van der Waals surface area contributed by atoms with Crippen LogP contribution >= 0.6 is 0 Å². The molecule has 152 valence electrons. The fourth-order valence-corrected chi connectivity index (χ4v) is 2.78. The quantitative estimate of drug-likeness (QED) is 0.632. The van der Waals surface area contributed by atoms with E-state index in [1.807, 2.05) is 67.2 Å². The lowest BCUT2D eigenvalue weighted by Gasteiger charge is -2.23. The third-order valence-electron chi connectivity index (χ3n) is 4.40. The molecule has 0 aliphatic rings. The third-order valence-corrected chi connectivity index (χ3v) is 4.40. The molecule has 8 nitrogen and oxygen atoms in total. The monoisotopic (exact) mass is 394 g/mol. The van der Waals surface area contributed by atoms with Crippen LogP contribution in [0.3, 0.4) is 0 Å². The molecule has 0 fully saturated rings. The summed E-state index contributed by atoms with van der Waals surface area (Å²) in [7, 11) is 7.63. The maximum Gasteiger partial charge on any atom is 0.232 e. The molecule has 0 aliphatic heterocycles. The molecule has 3 aromatic rings. The second-order valence-electron chi connectivity index (χ2n) is 7.17. The number of hydrogen-bond acceptors (Lipinski definition) is 8. The molecule has 1 heterocycles. The molecule has 0 radical (unpaired) electrons. The van der Waals surface area contributed by atoms with Crippen LogP contribution in [0.2, 0.25) is 0 Å². The van der Waals surface area contributed by atoms with Crippen LogP contribution in [0.25, 0.3) is 0 Å². The van der Waals surface area contributed by atoms with Gasteiger partial charge in [0.25, 0.3) is 0 Å². The van der Waals surface area contributed by atoms with Gasteiger partial charge in [-0.05, 0) is 35.4 Å². The van der Waals surface area contributed by atoms with Gasteiger partial charge in [-0.1, -0.05) is 24.3 Å². The number of hydrogen-bond donors (Lipinski definition) is 2. The molecule has 0 saturated carbocycles. The molecule has 0 saturated heterocycles. The van der Waals surface area contributed by atoms with Crippen LogP contribution in [0.1, 0.15) is 11.1 Å². The summed E-state index contributed by atoms with van der Waals surface area (Å²) in [4.78, 5) is 19.5. The van der Waals surface area contributed by atoms with Gasteiger partial charge in [0.05, 0.1) is 0 Å². The van der Waals surface area contributed by atoms with Gasteiger partial charge in [-0.15, -0.1) is 0 Å². The van der Waals surface area contributed by atoms with E-state index in [4.69, 9.17) is 0 Å². The highest BCUT2D eigenvalue weighted by Crippen LogP contribution is 2.20. The topological polar surface area (TPSA) is 88.9 Å². The summed E-state index contributed by atoms with van der Waals surface area (Å²) in [5.41, 5.74) is 2.08. The van der Waals surface area contributed by atoms with Gasteiger partial charge in [-0.25, -0.2) is 0 Å². The van der Waals surface area contributed by atoms with Crippen molar-refractivity contribution in [3.8, 4) is 11.5 Å². The Balaban J connectivity index is 1.84. The molecule has 0 atom stereocenters. The van der Waals surface area contributed by atoms with Crippen molar-refractivity contribution in [2.45, 2.75) is 13.1 Å². The molecule has 0 aliphatic carbocycles. The Kier molecular flexibility index (Phi) is 6.01. The highest BCUT2D eigenvalue weighted by molar-refractivity contribution is 5.46. The zero-order chi connectivity index (χ0) is 21.0.